The van der Waals surface area contributed by atoms with Crippen molar-refractivity contribution in [3.8, 4) is 0 Å². The molecule has 0 aromatic carbocycles. The average molecular weight is 341 g/mol. The van der Waals surface area contributed by atoms with E-state index < -0.39 is 0 Å². The molecule has 0 spiro atoms. The SMILES string of the molecule is Cc1cnc(C(C)NC(=O)c2cc(Br)cnc2N)s1. The summed E-state index contributed by atoms with van der Waals surface area (Å²) in [6, 6.07) is 1.49. The summed E-state index contributed by atoms with van der Waals surface area (Å²) >= 11 is 4.83. The van der Waals surface area contributed by atoms with E-state index in [2.05, 4.69) is 31.2 Å². The molecule has 2 heterocycles. The maximum Gasteiger partial charge on any atom is 0.255 e. The second-order valence-corrected chi connectivity index (χ2v) is 6.27. The van der Waals surface area contributed by atoms with Gasteiger partial charge in [-0.1, -0.05) is 0 Å². The van der Waals surface area contributed by atoms with Crippen molar-refractivity contribution in [1.29, 1.82) is 0 Å². The molecule has 0 fully saturated rings. The fourth-order valence-electron chi connectivity index (χ4n) is 1.54. The Bertz CT molecular complexity index is 614. The molecule has 0 aliphatic rings. The highest BCUT2D eigenvalue weighted by Gasteiger charge is 2.16. The van der Waals surface area contributed by atoms with Crippen LogP contribution in [0.3, 0.4) is 0 Å². The topological polar surface area (TPSA) is 80.9 Å². The minimum Gasteiger partial charge on any atom is -0.383 e. The molecule has 0 saturated heterocycles. The Morgan fingerprint density at radius 3 is 2.84 bits per heavy atom. The number of nitrogen functional groups attached to an aromatic ring is 1. The average Bonchev–Trinajstić information content (AvgIpc) is 2.79. The molecule has 1 amide bonds. The lowest BCUT2D eigenvalue weighted by Gasteiger charge is -2.12. The van der Waals surface area contributed by atoms with Crippen molar-refractivity contribution in [2.45, 2.75) is 19.9 Å². The number of halogens is 1. The van der Waals surface area contributed by atoms with Crippen LogP contribution < -0.4 is 11.1 Å². The Labute approximate surface area is 123 Å². The van der Waals surface area contributed by atoms with E-state index >= 15 is 0 Å². The smallest absolute Gasteiger partial charge is 0.255 e. The third-order valence-electron chi connectivity index (χ3n) is 2.49. The quantitative estimate of drug-likeness (QED) is 0.899. The standard InChI is InChI=1S/C12H13BrN4OS/c1-6-4-16-12(19-6)7(2)17-11(18)9-3-8(13)5-15-10(9)14/h3-5,7H,1-2H3,(H2,14,15)(H,17,18). The van der Waals surface area contributed by atoms with Gasteiger partial charge in [0, 0.05) is 21.7 Å². The summed E-state index contributed by atoms with van der Waals surface area (Å²) in [6.07, 6.45) is 3.34. The fourth-order valence-corrected chi connectivity index (χ4v) is 2.65. The zero-order valence-corrected chi connectivity index (χ0v) is 12.9. The number of thiazole rings is 1. The van der Waals surface area contributed by atoms with Crippen LogP contribution in [0.25, 0.3) is 0 Å². The van der Waals surface area contributed by atoms with E-state index in [1.807, 2.05) is 13.8 Å². The number of aromatic nitrogens is 2. The summed E-state index contributed by atoms with van der Waals surface area (Å²) in [7, 11) is 0. The molecule has 5 nitrogen and oxygen atoms in total. The number of nitrogens with two attached hydrogens (primary N) is 1. The zero-order chi connectivity index (χ0) is 14.0. The minimum atomic E-state index is -0.258. The van der Waals surface area contributed by atoms with Crippen LogP contribution in [0.15, 0.2) is 22.9 Å². The van der Waals surface area contributed by atoms with Gasteiger partial charge >= 0.3 is 0 Å². The summed E-state index contributed by atoms with van der Waals surface area (Å²) in [5.74, 6) is -0.0464. The predicted molar refractivity (Wildman–Crippen MR) is 79.1 cm³/mol. The van der Waals surface area contributed by atoms with Crippen molar-refractivity contribution < 1.29 is 4.79 Å². The van der Waals surface area contributed by atoms with Gasteiger partial charge in [-0.05, 0) is 35.8 Å². The molecule has 0 aliphatic heterocycles. The van der Waals surface area contributed by atoms with E-state index in [-0.39, 0.29) is 17.8 Å². The molecule has 2 aromatic rings. The van der Waals surface area contributed by atoms with E-state index in [9.17, 15) is 4.79 Å². The van der Waals surface area contributed by atoms with Crippen LogP contribution in [-0.4, -0.2) is 15.9 Å². The zero-order valence-electron chi connectivity index (χ0n) is 10.5. The van der Waals surface area contributed by atoms with Crippen molar-refractivity contribution >= 4 is 39.0 Å². The van der Waals surface area contributed by atoms with Gasteiger partial charge in [0.05, 0.1) is 11.6 Å². The molecular formula is C12H13BrN4OS. The van der Waals surface area contributed by atoms with E-state index in [1.165, 1.54) is 0 Å². The van der Waals surface area contributed by atoms with Gasteiger partial charge in [0.25, 0.3) is 5.91 Å². The molecule has 1 atom stereocenters. The Hall–Kier alpha value is -1.47. The highest BCUT2D eigenvalue weighted by Crippen LogP contribution is 2.21. The van der Waals surface area contributed by atoms with Gasteiger partial charge in [-0.2, -0.15) is 0 Å². The molecule has 19 heavy (non-hydrogen) atoms. The summed E-state index contributed by atoms with van der Waals surface area (Å²) in [6.45, 7) is 3.86. The van der Waals surface area contributed by atoms with Gasteiger partial charge in [-0.15, -0.1) is 11.3 Å². The first-order valence-corrected chi connectivity index (χ1v) is 7.22. The third kappa shape index (κ3) is 3.30. The molecule has 3 N–H and O–H groups in total. The van der Waals surface area contributed by atoms with Crippen LogP contribution in [0.2, 0.25) is 0 Å². The summed E-state index contributed by atoms with van der Waals surface area (Å²) in [4.78, 5) is 21.4. The first-order chi connectivity index (χ1) is 8.97. The summed E-state index contributed by atoms with van der Waals surface area (Å²) in [5, 5.41) is 3.73. The van der Waals surface area contributed by atoms with Crippen LogP contribution in [0, 0.1) is 6.92 Å². The van der Waals surface area contributed by atoms with E-state index in [0.717, 1.165) is 9.88 Å². The lowest BCUT2D eigenvalue weighted by molar-refractivity contribution is 0.0940. The number of nitrogens with zero attached hydrogens (tertiary/aromatic N) is 2. The monoisotopic (exact) mass is 340 g/mol. The number of carbonyl (C=O) groups excluding carboxylic acids is 1. The Morgan fingerprint density at radius 2 is 2.21 bits per heavy atom. The molecule has 100 valence electrons. The number of aryl methyl sites for hydroxylation is 1. The molecule has 7 heteroatoms. The van der Waals surface area contributed by atoms with Gasteiger partial charge in [-0.3, -0.25) is 4.79 Å². The van der Waals surface area contributed by atoms with Crippen LogP contribution in [0.4, 0.5) is 5.82 Å². The first-order valence-electron chi connectivity index (χ1n) is 5.61. The number of hydrogen-bond donors (Lipinski definition) is 2. The third-order valence-corrected chi connectivity index (χ3v) is 4.02. The minimum absolute atomic E-state index is 0.162. The Kier molecular flexibility index (Phi) is 4.16. The Balaban J connectivity index is 2.15. The number of rotatable bonds is 3. The maximum atomic E-state index is 12.1. The number of hydrogen-bond acceptors (Lipinski definition) is 5. The van der Waals surface area contributed by atoms with Gasteiger partial charge in [0.1, 0.15) is 10.8 Å². The van der Waals surface area contributed by atoms with Crippen molar-refractivity contribution in [2.24, 2.45) is 0 Å². The summed E-state index contributed by atoms with van der Waals surface area (Å²) < 4.78 is 0.713. The van der Waals surface area contributed by atoms with Crippen LogP contribution >= 0.6 is 27.3 Å². The summed E-state index contributed by atoms with van der Waals surface area (Å²) in [5.41, 5.74) is 6.06. The molecule has 2 rings (SSSR count). The van der Waals surface area contributed by atoms with Crippen molar-refractivity contribution in [3.05, 3.63) is 38.4 Å². The normalized spacial score (nSPS) is 12.2. The van der Waals surface area contributed by atoms with Crippen molar-refractivity contribution in [2.75, 3.05) is 5.73 Å². The number of amides is 1. The second kappa shape index (κ2) is 5.66. The molecule has 0 bridgehead atoms. The van der Waals surface area contributed by atoms with E-state index in [1.54, 1.807) is 29.8 Å². The fraction of sp³-hybridized carbons (Fsp3) is 0.250. The van der Waals surface area contributed by atoms with Crippen molar-refractivity contribution in [3.63, 3.8) is 0 Å². The molecule has 0 radical (unpaired) electrons. The van der Waals surface area contributed by atoms with E-state index in [4.69, 9.17) is 5.73 Å². The lowest BCUT2D eigenvalue weighted by Crippen LogP contribution is -2.27. The van der Waals surface area contributed by atoms with Crippen LogP contribution in [-0.2, 0) is 0 Å². The number of carbonyl (C=O) groups is 1. The lowest BCUT2D eigenvalue weighted by atomic mass is 10.2. The van der Waals surface area contributed by atoms with Gasteiger partial charge < -0.3 is 11.1 Å². The predicted octanol–water partition coefficient (Wildman–Crippen LogP) is 2.68. The van der Waals surface area contributed by atoms with E-state index in [0.29, 0.717) is 10.0 Å². The molecule has 0 saturated carbocycles. The maximum absolute atomic E-state index is 12.1. The second-order valence-electron chi connectivity index (χ2n) is 4.09. The largest absolute Gasteiger partial charge is 0.383 e. The van der Waals surface area contributed by atoms with Gasteiger partial charge in [0.15, 0.2) is 0 Å². The van der Waals surface area contributed by atoms with Gasteiger partial charge in [-0.25, -0.2) is 9.97 Å². The number of anilines is 1. The van der Waals surface area contributed by atoms with Gasteiger partial charge in [0.2, 0.25) is 0 Å². The van der Waals surface area contributed by atoms with Crippen LogP contribution in [0.1, 0.15) is 33.2 Å². The van der Waals surface area contributed by atoms with Crippen molar-refractivity contribution in [1.82, 2.24) is 15.3 Å². The highest BCUT2D eigenvalue weighted by atomic mass is 79.9. The Morgan fingerprint density at radius 1 is 1.47 bits per heavy atom. The number of nitrogens with one attached hydrogen (secondary N) is 1. The van der Waals surface area contributed by atoms with Crippen LogP contribution in [0.5, 0.6) is 0 Å². The first kappa shape index (κ1) is 14.0. The number of pyridine rings is 1. The molecular weight excluding hydrogens is 328 g/mol. The molecule has 1 unspecified atom stereocenters. The molecule has 2 aromatic heterocycles. The highest BCUT2D eigenvalue weighted by molar-refractivity contribution is 9.10. The molecule has 0 aliphatic carbocycles.